The van der Waals surface area contributed by atoms with E-state index < -0.39 is 0 Å². The van der Waals surface area contributed by atoms with Gasteiger partial charge in [-0.05, 0) is 37.0 Å². The van der Waals surface area contributed by atoms with E-state index in [0.29, 0.717) is 35.3 Å². The van der Waals surface area contributed by atoms with E-state index in [1.807, 2.05) is 18.2 Å². The van der Waals surface area contributed by atoms with Crippen molar-refractivity contribution in [2.45, 2.75) is 51.7 Å². The molecule has 1 fully saturated rings. The van der Waals surface area contributed by atoms with E-state index in [9.17, 15) is 0 Å². The quantitative estimate of drug-likeness (QED) is 0.587. The molecular formula is C22H27ClN6O. The van der Waals surface area contributed by atoms with Gasteiger partial charge in [0.25, 0.3) is 0 Å². The standard InChI is InChI=1S/C22H27ClN6O/c1-13(2)10-24-22-26-19(20-16-9-14(23)7-8-18(16)25-12-30-20)17-11-29(28-21(17)27-22)15-5-3-4-6-15/h7-9,11,13,15,20,25H,3-6,10,12H2,1-2H3,(H,24,27,28). The lowest BCUT2D eigenvalue weighted by Crippen LogP contribution is -2.22. The topological polar surface area (TPSA) is 76.9 Å². The predicted molar refractivity (Wildman–Crippen MR) is 119 cm³/mol. The van der Waals surface area contributed by atoms with Gasteiger partial charge < -0.3 is 15.4 Å². The molecule has 0 amide bonds. The Kier molecular flexibility index (Phi) is 5.25. The van der Waals surface area contributed by atoms with E-state index in [-0.39, 0.29) is 6.10 Å². The molecule has 2 aromatic heterocycles. The molecule has 1 aliphatic carbocycles. The van der Waals surface area contributed by atoms with Gasteiger partial charge in [-0.25, -0.2) is 4.98 Å². The van der Waals surface area contributed by atoms with Crippen molar-refractivity contribution in [2.75, 3.05) is 23.9 Å². The highest BCUT2D eigenvalue weighted by Crippen LogP contribution is 2.39. The van der Waals surface area contributed by atoms with Crippen molar-refractivity contribution in [3.05, 3.63) is 40.7 Å². The van der Waals surface area contributed by atoms with E-state index >= 15 is 0 Å². The Morgan fingerprint density at radius 2 is 2.10 bits per heavy atom. The number of rotatable bonds is 5. The molecule has 8 heteroatoms. The molecule has 1 aromatic carbocycles. The van der Waals surface area contributed by atoms with Crippen molar-refractivity contribution in [1.29, 1.82) is 0 Å². The molecular weight excluding hydrogens is 400 g/mol. The first-order chi connectivity index (χ1) is 14.6. The summed E-state index contributed by atoms with van der Waals surface area (Å²) in [6.07, 6.45) is 6.61. The van der Waals surface area contributed by atoms with Gasteiger partial charge in [0.2, 0.25) is 5.95 Å². The van der Waals surface area contributed by atoms with Crippen LogP contribution in [0.5, 0.6) is 0 Å². The van der Waals surface area contributed by atoms with Crippen molar-refractivity contribution < 1.29 is 4.74 Å². The fourth-order valence-corrected chi connectivity index (χ4v) is 4.49. The molecule has 5 rings (SSSR count). The molecule has 1 atom stereocenters. The van der Waals surface area contributed by atoms with Gasteiger partial charge in [0.15, 0.2) is 5.65 Å². The van der Waals surface area contributed by atoms with Crippen molar-refractivity contribution in [3.8, 4) is 0 Å². The number of ether oxygens (including phenoxy) is 1. The fraction of sp³-hybridized carbons (Fsp3) is 0.500. The second-order valence-electron chi connectivity index (χ2n) is 8.59. The molecule has 0 bridgehead atoms. The van der Waals surface area contributed by atoms with Crippen LogP contribution in [0.4, 0.5) is 11.6 Å². The highest BCUT2D eigenvalue weighted by atomic mass is 35.5. The zero-order valence-electron chi connectivity index (χ0n) is 17.4. The second-order valence-corrected chi connectivity index (χ2v) is 9.03. The Labute approximate surface area is 181 Å². The largest absolute Gasteiger partial charge is 0.362 e. The highest BCUT2D eigenvalue weighted by Gasteiger charge is 2.29. The van der Waals surface area contributed by atoms with Crippen molar-refractivity contribution >= 4 is 34.3 Å². The first kappa shape index (κ1) is 19.6. The monoisotopic (exact) mass is 426 g/mol. The lowest BCUT2D eigenvalue weighted by atomic mass is 10.0. The van der Waals surface area contributed by atoms with Crippen LogP contribution in [-0.4, -0.2) is 33.0 Å². The molecule has 1 saturated carbocycles. The molecule has 7 nitrogen and oxygen atoms in total. The molecule has 3 aromatic rings. The molecule has 0 radical (unpaired) electrons. The van der Waals surface area contributed by atoms with Gasteiger partial charge in [-0.3, -0.25) is 4.68 Å². The molecule has 0 spiro atoms. The number of benzene rings is 1. The number of hydrogen-bond donors (Lipinski definition) is 2. The van der Waals surface area contributed by atoms with Crippen LogP contribution in [0.3, 0.4) is 0 Å². The van der Waals surface area contributed by atoms with Crippen LogP contribution in [0, 0.1) is 5.92 Å². The molecule has 1 aliphatic heterocycles. The van der Waals surface area contributed by atoms with Gasteiger partial charge >= 0.3 is 0 Å². The molecule has 158 valence electrons. The minimum Gasteiger partial charge on any atom is -0.362 e. The second kappa shape index (κ2) is 8.04. The van der Waals surface area contributed by atoms with Crippen molar-refractivity contribution in [2.24, 2.45) is 5.92 Å². The highest BCUT2D eigenvalue weighted by molar-refractivity contribution is 6.30. The average molecular weight is 427 g/mol. The van der Waals surface area contributed by atoms with Crippen LogP contribution >= 0.6 is 11.6 Å². The number of nitrogens with zero attached hydrogens (tertiary/aromatic N) is 4. The average Bonchev–Trinajstić information content (AvgIpc) is 3.40. The van der Waals surface area contributed by atoms with Crippen molar-refractivity contribution in [1.82, 2.24) is 19.7 Å². The summed E-state index contributed by atoms with van der Waals surface area (Å²) in [5, 5.41) is 13.1. The van der Waals surface area contributed by atoms with Crippen LogP contribution in [0.2, 0.25) is 5.02 Å². The molecule has 2 N–H and O–H groups in total. The fourth-order valence-electron chi connectivity index (χ4n) is 4.31. The maximum atomic E-state index is 6.31. The number of hydrogen-bond acceptors (Lipinski definition) is 6. The van der Waals surface area contributed by atoms with E-state index in [1.54, 1.807) is 0 Å². The summed E-state index contributed by atoms with van der Waals surface area (Å²) >= 11 is 6.31. The molecule has 3 heterocycles. The maximum Gasteiger partial charge on any atom is 0.225 e. The first-order valence-corrected chi connectivity index (χ1v) is 11.1. The summed E-state index contributed by atoms with van der Waals surface area (Å²) in [7, 11) is 0. The van der Waals surface area contributed by atoms with Gasteiger partial charge in [-0.2, -0.15) is 10.1 Å². The van der Waals surface area contributed by atoms with Crippen LogP contribution in [-0.2, 0) is 4.74 Å². The summed E-state index contributed by atoms with van der Waals surface area (Å²) in [6.45, 7) is 5.53. The Bertz CT molecular complexity index is 1060. The van der Waals surface area contributed by atoms with Crippen LogP contribution in [0.25, 0.3) is 11.0 Å². The molecule has 2 aliphatic rings. The third kappa shape index (κ3) is 3.72. The lowest BCUT2D eigenvalue weighted by molar-refractivity contribution is 0.0858. The molecule has 0 saturated heterocycles. The van der Waals surface area contributed by atoms with Crippen LogP contribution in [0.1, 0.15) is 62.9 Å². The van der Waals surface area contributed by atoms with Gasteiger partial charge in [0, 0.05) is 29.0 Å². The Morgan fingerprint density at radius 3 is 2.90 bits per heavy atom. The van der Waals surface area contributed by atoms with Crippen LogP contribution in [0.15, 0.2) is 24.4 Å². The molecule has 30 heavy (non-hydrogen) atoms. The third-order valence-corrected chi connectivity index (χ3v) is 6.09. The first-order valence-electron chi connectivity index (χ1n) is 10.7. The zero-order chi connectivity index (χ0) is 20.7. The maximum absolute atomic E-state index is 6.31. The minimum absolute atomic E-state index is 0.328. The zero-order valence-corrected chi connectivity index (χ0v) is 18.1. The number of halogens is 1. The number of anilines is 2. The van der Waals surface area contributed by atoms with E-state index in [2.05, 4.69) is 35.4 Å². The van der Waals surface area contributed by atoms with Crippen LogP contribution < -0.4 is 10.6 Å². The normalized spacial score (nSPS) is 19.3. The SMILES string of the molecule is CC(C)CNc1nc(C2OCNc3ccc(Cl)cc32)c2cn(C3CCCC3)nc2n1. The minimum atomic E-state index is -0.328. The van der Waals surface area contributed by atoms with E-state index in [1.165, 1.54) is 12.8 Å². The van der Waals surface area contributed by atoms with Gasteiger partial charge in [-0.15, -0.1) is 0 Å². The number of aromatic nitrogens is 4. The summed E-state index contributed by atoms with van der Waals surface area (Å²) in [5.74, 6) is 1.08. The Hall–Kier alpha value is -2.38. The lowest BCUT2D eigenvalue weighted by Gasteiger charge is -2.27. The smallest absolute Gasteiger partial charge is 0.225 e. The summed E-state index contributed by atoms with van der Waals surface area (Å²) < 4.78 is 8.23. The van der Waals surface area contributed by atoms with Gasteiger partial charge in [-0.1, -0.05) is 38.3 Å². The Balaban J connectivity index is 1.63. The third-order valence-electron chi connectivity index (χ3n) is 5.85. The van der Waals surface area contributed by atoms with Crippen molar-refractivity contribution in [3.63, 3.8) is 0 Å². The van der Waals surface area contributed by atoms with Gasteiger partial charge in [0.1, 0.15) is 12.8 Å². The summed E-state index contributed by atoms with van der Waals surface area (Å²) in [5.41, 5.74) is 3.55. The summed E-state index contributed by atoms with van der Waals surface area (Å²) in [4.78, 5) is 9.61. The van der Waals surface area contributed by atoms with E-state index in [0.717, 1.165) is 41.7 Å². The van der Waals surface area contributed by atoms with Gasteiger partial charge in [0.05, 0.1) is 17.1 Å². The number of nitrogens with one attached hydrogen (secondary N) is 2. The predicted octanol–water partition coefficient (Wildman–Crippen LogP) is 5.15. The Morgan fingerprint density at radius 1 is 1.27 bits per heavy atom. The van der Waals surface area contributed by atoms with E-state index in [4.69, 9.17) is 31.4 Å². The summed E-state index contributed by atoms with van der Waals surface area (Å²) in [6, 6.07) is 6.27. The number of fused-ring (bicyclic) bond motifs is 2. The molecule has 1 unspecified atom stereocenters.